The maximum absolute atomic E-state index is 13.8. The van der Waals surface area contributed by atoms with E-state index in [-0.39, 0.29) is 17.7 Å². The van der Waals surface area contributed by atoms with Crippen molar-refractivity contribution < 1.29 is 18.7 Å². The van der Waals surface area contributed by atoms with Crippen LogP contribution < -0.4 is 14.8 Å². The SMILES string of the molecule is COc1ccc([C@@H](C)NC(=O)/C=C/c2ccc(OCc3ccccn3)cc2)cc1F. The maximum Gasteiger partial charge on any atom is 0.244 e. The lowest BCUT2D eigenvalue weighted by Gasteiger charge is -2.14. The number of halogens is 1. The highest BCUT2D eigenvalue weighted by Gasteiger charge is 2.11. The van der Waals surface area contributed by atoms with Crippen LogP contribution in [-0.4, -0.2) is 18.0 Å². The summed E-state index contributed by atoms with van der Waals surface area (Å²) < 4.78 is 24.4. The molecule has 2 aromatic carbocycles. The van der Waals surface area contributed by atoms with Gasteiger partial charge in [0.05, 0.1) is 18.8 Å². The summed E-state index contributed by atoms with van der Waals surface area (Å²) in [7, 11) is 1.41. The van der Waals surface area contributed by atoms with Crippen LogP contribution in [0.3, 0.4) is 0 Å². The van der Waals surface area contributed by atoms with Gasteiger partial charge in [0.2, 0.25) is 5.91 Å². The molecule has 1 heterocycles. The smallest absolute Gasteiger partial charge is 0.244 e. The number of ether oxygens (including phenoxy) is 2. The van der Waals surface area contributed by atoms with Crippen molar-refractivity contribution >= 4 is 12.0 Å². The number of aromatic nitrogens is 1. The second kappa shape index (κ2) is 10.2. The third-order valence-electron chi connectivity index (χ3n) is 4.45. The monoisotopic (exact) mass is 406 g/mol. The fourth-order valence-electron chi connectivity index (χ4n) is 2.78. The molecule has 0 fully saturated rings. The molecule has 0 aliphatic rings. The Morgan fingerprint density at radius 3 is 2.63 bits per heavy atom. The molecular weight excluding hydrogens is 383 g/mol. The summed E-state index contributed by atoms with van der Waals surface area (Å²) in [5, 5.41) is 2.82. The number of rotatable bonds is 8. The minimum Gasteiger partial charge on any atom is -0.494 e. The molecule has 1 amide bonds. The molecule has 0 aliphatic carbocycles. The number of nitrogens with zero attached hydrogens (tertiary/aromatic N) is 1. The van der Waals surface area contributed by atoms with Crippen molar-refractivity contribution in [2.24, 2.45) is 0 Å². The molecule has 3 rings (SSSR count). The summed E-state index contributed by atoms with van der Waals surface area (Å²) in [5.74, 6) is 0.160. The molecule has 0 radical (unpaired) electrons. The van der Waals surface area contributed by atoms with Crippen LogP contribution in [0.5, 0.6) is 11.5 Å². The third kappa shape index (κ3) is 5.91. The molecule has 5 nitrogen and oxygen atoms in total. The molecule has 30 heavy (non-hydrogen) atoms. The predicted octanol–water partition coefficient (Wildman–Crippen LogP) is 4.70. The zero-order chi connectivity index (χ0) is 21.3. The second-order valence-corrected chi connectivity index (χ2v) is 6.64. The van der Waals surface area contributed by atoms with Gasteiger partial charge in [-0.05, 0) is 60.5 Å². The summed E-state index contributed by atoms with van der Waals surface area (Å²) >= 11 is 0. The van der Waals surface area contributed by atoms with Crippen LogP contribution in [0.25, 0.3) is 6.08 Å². The van der Waals surface area contributed by atoms with Crippen LogP contribution >= 0.6 is 0 Å². The summed E-state index contributed by atoms with van der Waals surface area (Å²) in [6.07, 6.45) is 4.88. The third-order valence-corrected chi connectivity index (χ3v) is 4.45. The molecule has 1 atom stereocenters. The van der Waals surface area contributed by atoms with E-state index >= 15 is 0 Å². The number of methoxy groups -OCH3 is 1. The first-order valence-electron chi connectivity index (χ1n) is 9.50. The molecule has 0 saturated carbocycles. The van der Waals surface area contributed by atoms with E-state index in [1.807, 2.05) is 42.5 Å². The van der Waals surface area contributed by atoms with Crippen LogP contribution in [0.1, 0.15) is 29.8 Å². The quantitative estimate of drug-likeness (QED) is 0.551. The van der Waals surface area contributed by atoms with Gasteiger partial charge in [0, 0.05) is 12.3 Å². The Bertz CT molecular complexity index is 1000. The van der Waals surface area contributed by atoms with E-state index in [2.05, 4.69) is 10.3 Å². The number of carbonyl (C=O) groups is 1. The van der Waals surface area contributed by atoms with E-state index in [1.54, 1.807) is 31.3 Å². The second-order valence-electron chi connectivity index (χ2n) is 6.64. The lowest BCUT2D eigenvalue weighted by molar-refractivity contribution is -0.117. The molecule has 6 heteroatoms. The van der Waals surface area contributed by atoms with E-state index in [4.69, 9.17) is 9.47 Å². The number of amides is 1. The van der Waals surface area contributed by atoms with Crippen molar-refractivity contribution in [1.82, 2.24) is 10.3 Å². The fourth-order valence-corrected chi connectivity index (χ4v) is 2.78. The van der Waals surface area contributed by atoms with Gasteiger partial charge in [-0.1, -0.05) is 24.3 Å². The average Bonchev–Trinajstić information content (AvgIpc) is 2.77. The zero-order valence-electron chi connectivity index (χ0n) is 16.8. The normalized spacial score (nSPS) is 11.8. The summed E-state index contributed by atoms with van der Waals surface area (Å²) in [6.45, 7) is 2.18. The Morgan fingerprint density at radius 1 is 1.17 bits per heavy atom. The number of nitrogens with one attached hydrogen (secondary N) is 1. The molecule has 154 valence electrons. The van der Waals surface area contributed by atoms with Crippen LogP contribution in [0.2, 0.25) is 0 Å². The Hall–Kier alpha value is -3.67. The van der Waals surface area contributed by atoms with Gasteiger partial charge in [-0.25, -0.2) is 4.39 Å². The predicted molar refractivity (Wildman–Crippen MR) is 114 cm³/mol. The Kier molecular flexibility index (Phi) is 7.16. The molecule has 0 spiro atoms. The molecule has 3 aromatic rings. The van der Waals surface area contributed by atoms with Gasteiger partial charge in [-0.15, -0.1) is 0 Å². The van der Waals surface area contributed by atoms with Crippen molar-refractivity contribution in [1.29, 1.82) is 0 Å². The maximum atomic E-state index is 13.8. The van der Waals surface area contributed by atoms with Gasteiger partial charge in [-0.2, -0.15) is 0 Å². The van der Waals surface area contributed by atoms with Crippen molar-refractivity contribution in [3.63, 3.8) is 0 Å². The Morgan fingerprint density at radius 2 is 1.97 bits per heavy atom. The molecule has 0 bridgehead atoms. The summed E-state index contributed by atoms with van der Waals surface area (Å²) in [6, 6.07) is 17.3. The highest BCUT2D eigenvalue weighted by molar-refractivity contribution is 5.92. The molecule has 1 aromatic heterocycles. The fraction of sp³-hybridized carbons (Fsp3) is 0.167. The number of benzene rings is 2. The molecule has 0 unspecified atom stereocenters. The number of pyridine rings is 1. The van der Waals surface area contributed by atoms with Crippen LogP contribution in [0.4, 0.5) is 4.39 Å². The Balaban J connectivity index is 1.52. The van der Waals surface area contributed by atoms with Crippen molar-refractivity contribution in [2.75, 3.05) is 7.11 Å². The minimum absolute atomic E-state index is 0.171. The van der Waals surface area contributed by atoms with E-state index in [0.29, 0.717) is 12.2 Å². The highest BCUT2D eigenvalue weighted by Crippen LogP contribution is 2.21. The topological polar surface area (TPSA) is 60.5 Å². The highest BCUT2D eigenvalue weighted by atomic mass is 19.1. The van der Waals surface area contributed by atoms with Crippen LogP contribution in [-0.2, 0) is 11.4 Å². The van der Waals surface area contributed by atoms with E-state index < -0.39 is 5.82 Å². The van der Waals surface area contributed by atoms with Gasteiger partial charge in [0.1, 0.15) is 12.4 Å². The largest absolute Gasteiger partial charge is 0.494 e. The number of hydrogen-bond acceptors (Lipinski definition) is 4. The van der Waals surface area contributed by atoms with Crippen molar-refractivity contribution in [3.05, 3.63) is 95.6 Å². The van der Waals surface area contributed by atoms with Gasteiger partial charge in [0.25, 0.3) is 0 Å². The van der Waals surface area contributed by atoms with Gasteiger partial charge in [-0.3, -0.25) is 9.78 Å². The van der Waals surface area contributed by atoms with Crippen molar-refractivity contribution in [3.8, 4) is 11.5 Å². The van der Waals surface area contributed by atoms with Gasteiger partial charge < -0.3 is 14.8 Å². The van der Waals surface area contributed by atoms with E-state index in [9.17, 15) is 9.18 Å². The molecular formula is C24H23FN2O3. The first kappa shape index (κ1) is 21.0. The van der Waals surface area contributed by atoms with Gasteiger partial charge in [0.15, 0.2) is 11.6 Å². The first-order valence-corrected chi connectivity index (χ1v) is 9.50. The van der Waals surface area contributed by atoms with Crippen LogP contribution in [0.15, 0.2) is 72.9 Å². The Labute approximate surface area is 175 Å². The zero-order valence-corrected chi connectivity index (χ0v) is 16.8. The van der Waals surface area contributed by atoms with Gasteiger partial charge >= 0.3 is 0 Å². The summed E-state index contributed by atoms with van der Waals surface area (Å²) in [4.78, 5) is 16.4. The number of carbonyl (C=O) groups excluding carboxylic acids is 1. The van der Waals surface area contributed by atoms with E-state index in [1.165, 1.54) is 19.3 Å². The van der Waals surface area contributed by atoms with Crippen LogP contribution in [0, 0.1) is 5.82 Å². The lowest BCUT2D eigenvalue weighted by Crippen LogP contribution is -2.24. The molecule has 0 saturated heterocycles. The average molecular weight is 406 g/mol. The first-order chi connectivity index (χ1) is 14.5. The molecule has 1 N–H and O–H groups in total. The van der Waals surface area contributed by atoms with E-state index in [0.717, 1.165) is 17.0 Å². The van der Waals surface area contributed by atoms with Crippen molar-refractivity contribution in [2.45, 2.75) is 19.6 Å². The minimum atomic E-state index is -0.461. The standard InChI is InChI=1S/C24H23FN2O3/c1-17(19-9-12-23(29-2)22(25)15-19)27-24(28)13-8-18-6-10-21(11-7-18)30-16-20-5-3-4-14-26-20/h3-15,17H,16H2,1-2H3,(H,27,28)/b13-8+/t17-/m1/s1. The number of hydrogen-bond donors (Lipinski definition) is 1. The lowest BCUT2D eigenvalue weighted by atomic mass is 10.1. The molecule has 0 aliphatic heterocycles. The summed E-state index contributed by atoms with van der Waals surface area (Å²) in [5.41, 5.74) is 2.37.